The van der Waals surface area contributed by atoms with Crippen molar-refractivity contribution < 1.29 is 22.1 Å². The Morgan fingerprint density at radius 1 is 1.22 bits per heavy atom. The highest BCUT2D eigenvalue weighted by Gasteiger charge is 2.12. The molecule has 0 fully saturated rings. The summed E-state index contributed by atoms with van der Waals surface area (Å²) in [6.07, 6.45) is 0.998. The monoisotopic (exact) mass is 270 g/mol. The molecule has 0 spiro atoms. The fourth-order valence-corrected chi connectivity index (χ4v) is 2.19. The lowest BCUT2D eigenvalue weighted by molar-refractivity contribution is -0.138. The van der Waals surface area contributed by atoms with Crippen LogP contribution in [0, 0.1) is 0 Å². The van der Waals surface area contributed by atoms with Gasteiger partial charge in [-0.1, -0.05) is 36.9 Å². The second-order valence-corrected chi connectivity index (χ2v) is 5.02. The van der Waals surface area contributed by atoms with Crippen LogP contribution in [0.1, 0.15) is 5.56 Å². The average Bonchev–Trinajstić information content (AvgIpc) is 2.35. The predicted octanol–water partition coefficient (Wildman–Crippen LogP) is 1.26. The zero-order chi connectivity index (χ0) is 13.4. The zero-order valence-corrected chi connectivity index (χ0v) is 10.6. The number of benzene rings is 1. The summed E-state index contributed by atoms with van der Waals surface area (Å²) in [5.41, 5.74) is 0.639. The van der Waals surface area contributed by atoms with E-state index >= 15 is 0 Å². The Labute approximate surface area is 106 Å². The third-order valence-electron chi connectivity index (χ3n) is 1.94. The minimum Gasteiger partial charge on any atom is -0.460 e. The van der Waals surface area contributed by atoms with Crippen LogP contribution in [-0.2, 0) is 29.6 Å². The lowest BCUT2D eigenvalue weighted by atomic mass is 10.2. The van der Waals surface area contributed by atoms with Gasteiger partial charge in [0.05, 0.1) is 0 Å². The first kappa shape index (κ1) is 14.4. The number of hydrogen-bond donors (Lipinski definition) is 0. The molecular formula is C12H14O5S. The molecule has 18 heavy (non-hydrogen) atoms. The first-order chi connectivity index (χ1) is 8.53. The smallest absolute Gasteiger partial charge is 0.330 e. The summed E-state index contributed by atoms with van der Waals surface area (Å²) in [7, 11) is -3.66. The van der Waals surface area contributed by atoms with Crippen LogP contribution in [0.3, 0.4) is 0 Å². The minimum absolute atomic E-state index is 0.126. The summed E-state index contributed by atoms with van der Waals surface area (Å²) in [6, 6.07) is 8.68. The number of esters is 1. The van der Waals surface area contributed by atoms with Crippen LogP contribution in [0.2, 0.25) is 0 Å². The normalized spacial score (nSPS) is 10.9. The lowest BCUT2D eigenvalue weighted by Gasteiger charge is -2.05. The quantitative estimate of drug-likeness (QED) is 0.323. The molecule has 0 saturated carbocycles. The number of ether oxygens (including phenoxy) is 1. The minimum atomic E-state index is -3.66. The molecule has 0 aliphatic carbocycles. The van der Waals surface area contributed by atoms with E-state index in [0.29, 0.717) is 5.56 Å². The molecule has 0 heterocycles. The van der Waals surface area contributed by atoms with Crippen LogP contribution in [-0.4, -0.2) is 27.6 Å². The summed E-state index contributed by atoms with van der Waals surface area (Å²) < 4.78 is 32.3. The van der Waals surface area contributed by atoms with E-state index in [-0.39, 0.29) is 19.0 Å². The summed E-state index contributed by atoms with van der Waals surface area (Å²) in [4.78, 5) is 10.7. The number of carbonyl (C=O) groups excluding carboxylic acids is 1. The lowest BCUT2D eigenvalue weighted by Crippen LogP contribution is -2.14. The van der Waals surface area contributed by atoms with E-state index < -0.39 is 16.1 Å². The van der Waals surface area contributed by atoms with Crippen molar-refractivity contribution in [3.8, 4) is 0 Å². The zero-order valence-electron chi connectivity index (χ0n) is 9.74. The Morgan fingerprint density at radius 3 is 2.50 bits per heavy atom. The molecule has 0 aliphatic heterocycles. The maximum atomic E-state index is 11.5. The molecule has 0 amide bonds. The van der Waals surface area contributed by atoms with Gasteiger partial charge in [0.2, 0.25) is 0 Å². The van der Waals surface area contributed by atoms with Crippen molar-refractivity contribution in [1.29, 1.82) is 0 Å². The maximum absolute atomic E-state index is 11.5. The predicted molar refractivity (Wildman–Crippen MR) is 66.2 cm³/mol. The van der Waals surface area contributed by atoms with Crippen molar-refractivity contribution in [2.45, 2.75) is 5.75 Å². The second kappa shape index (κ2) is 6.93. The van der Waals surface area contributed by atoms with Gasteiger partial charge in [0.25, 0.3) is 10.1 Å². The summed E-state index contributed by atoms with van der Waals surface area (Å²) >= 11 is 0. The Kier molecular flexibility index (Phi) is 5.54. The molecule has 0 N–H and O–H groups in total. The molecule has 0 aliphatic rings. The molecule has 0 radical (unpaired) electrons. The molecule has 6 heteroatoms. The number of carbonyl (C=O) groups is 1. The molecule has 1 aromatic carbocycles. The van der Waals surface area contributed by atoms with Crippen LogP contribution in [0.25, 0.3) is 0 Å². The van der Waals surface area contributed by atoms with Gasteiger partial charge in [-0.15, -0.1) is 0 Å². The van der Waals surface area contributed by atoms with E-state index in [2.05, 4.69) is 15.5 Å². The molecule has 1 aromatic rings. The largest absolute Gasteiger partial charge is 0.460 e. The Hall–Kier alpha value is -1.66. The average molecular weight is 270 g/mol. The van der Waals surface area contributed by atoms with Gasteiger partial charge in [0.1, 0.15) is 19.0 Å². The van der Waals surface area contributed by atoms with Gasteiger partial charge in [-0.05, 0) is 5.56 Å². The van der Waals surface area contributed by atoms with Crippen molar-refractivity contribution in [3.63, 3.8) is 0 Å². The Balaban J connectivity index is 2.37. The van der Waals surface area contributed by atoms with Crippen LogP contribution < -0.4 is 0 Å². The fraction of sp³-hybridized carbons (Fsp3) is 0.250. The third kappa shape index (κ3) is 5.60. The van der Waals surface area contributed by atoms with Gasteiger partial charge in [-0.2, -0.15) is 8.42 Å². The van der Waals surface area contributed by atoms with Crippen molar-refractivity contribution in [2.75, 3.05) is 13.2 Å². The highest BCUT2D eigenvalue weighted by Crippen LogP contribution is 2.06. The molecular weight excluding hydrogens is 256 g/mol. The van der Waals surface area contributed by atoms with Gasteiger partial charge in [-0.3, -0.25) is 4.18 Å². The fourth-order valence-electron chi connectivity index (χ4n) is 1.18. The second-order valence-electron chi connectivity index (χ2n) is 3.38. The standard InChI is InChI=1S/C12H14O5S/c1-2-12(13)16-8-9-17-18(14,15)10-11-6-4-3-5-7-11/h2-7H,1,8-10H2. The van der Waals surface area contributed by atoms with Crippen LogP contribution >= 0.6 is 0 Å². The molecule has 0 atom stereocenters. The highest BCUT2D eigenvalue weighted by molar-refractivity contribution is 7.85. The van der Waals surface area contributed by atoms with Gasteiger partial charge in [-0.25, -0.2) is 4.79 Å². The summed E-state index contributed by atoms with van der Waals surface area (Å²) in [5.74, 6) is -0.817. The SMILES string of the molecule is C=CC(=O)OCCOS(=O)(=O)Cc1ccccc1. The number of hydrogen-bond acceptors (Lipinski definition) is 5. The van der Waals surface area contributed by atoms with E-state index in [1.165, 1.54) is 0 Å². The third-order valence-corrected chi connectivity index (χ3v) is 3.16. The van der Waals surface area contributed by atoms with E-state index in [0.717, 1.165) is 6.08 Å². The maximum Gasteiger partial charge on any atom is 0.330 e. The first-order valence-electron chi connectivity index (χ1n) is 5.24. The van der Waals surface area contributed by atoms with E-state index in [9.17, 15) is 13.2 Å². The Morgan fingerprint density at radius 2 is 1.89 bits per heavy atom. The van der Waals surface area contributed by atoms with Crippen molar-refractivity contribution in [2.24, 2.45) is 0 Å². The van der Waals surface area contributed by atoms with E-state index in [1.807, 2.05) is 0 Å². The van der Waals surface area contributed by atoms with Gasteiger partial charge in [0.15, 0.2) is 0 Å². The molecule has 0 saturated heterocycles. The topological polar surface area (TPSA) is 69.7 Å². The summed E-state index contributed by atoms with van der Waals surface area (Å²) in [6.45, 7) is 2.88. The molecule has 0 unspecified atom stereocenters. The summed E-state index contributed by atoms with van der Waals surface area (Å²) in [5, 5.41) is 0. The molecule has 5 nitrogen and oxygen atoms in total. The van der Waals surface area contributed by atoms with Crippen molar-refractivity contribution in [1.82, 2.24) is 0 Å². The highest BCUT2D eigenvalue weighted by atomic mass is 32.2. The molecule has 0 bridgehead atoms. The Bertz CT molecular complexity index is 492. The molecule has 98 valence electrons. The van der Waals surface area contributed by atoms with Crippen LogP contribution in [0.4, 0.5) is 0 Å². The first-order valence-corrected chi connectivity index (χ1v) is 6.81. The van der Waals surface area contributed by atoms with Gasteiger partial charge in [0, 0.05) is 6.08 Å². The molecule has 0 aromatic heterocycles. The van der Waals surface area contributed by atoms with Crippen LogP contribution in [0.5, 0.6) is 0 Å². The van der Waals surface area contributed by atoms with E-state index in [1.54, 1.807) is 30.3 Å². The molecule has 1 rings (SSSR count). The van der Waals surface area contributed by atoms with Gasteiger partial charge >= 0.3 is 5.97 Å². The van der Waals surface area contributed by atoms with Crippen molar-refractivity contribution in [3.05, 3.63) is 48.6 Å². The number of rotatable bonds is 7. The van der Waals surface area contributed by atoms with Gasteiger partial charge < -0.3 is 4.74 Å². The van der Waals surface area contributed by atoms with Crippen molar-refractivity contribution >= 4 is 16.1 Å². The van der Waals surface area contributed by atoms with Crippen LogP contribution in [0.15, 0.2) is 43.0 Å². The van der Waals surface area contributed by atoms with E-state index in [4.69, 9.17) is 0 Å².